The summed E-state index contributed by atoms with van der Waals surface area (Å²) in [5, 5.41) is 14.7. The molecular weight excluding hydrogens is 208 g/mol. The summed E-state index contributed by atoms with van der Waals surface area (Å²) in [7, 11) is 0. The van der Waals surface area contributed by atoms with Crippen molar-refractivity contribution >= 4 is 23.3 Å². The lowest BCUT2D eigenvalue weighted by Gasteiger charge is -1.97. The number of hydrogen-bond donors (Lipinski definition) is 4. The Hall–Kier alpha value is -2.12. The van der Waals surface area contributed by atoms with Gasteiger partial charge in [-0.05, 0) is 26.7 Å². The average molecular weight is 226 g/mol. The zero-order valence-electron chi connectivity index (χ0n) is 9.51. The third-order valence-electron chi connectivity index (χ3n) is 1.52. The Morgan fingerprint density at radius 3 is 1.25 bits per heavy atom. The lowest BCUT2D eigenvalue weighted by atomic mass is 10.2. The third-order valence-corrected chi connectivity index (χ3v) is 1.52. The van der Waals surface area contributed by atoms with E-state index in [0.717, 1.165) is 11.4 Å². The summed E-state index contributed by atoms with van der Waals surface area (Å²) >= 11 is 0. The molecule has 0 atom stereocenters. The first-order valence-corrected chi connectivity index (χ1v) is 4.66. The van der Waals surface area contributed by atoms with E-state index >= 15 is 0 Å². The maximum Gasteiger partial charge on any atom is 0.211 e. The van der Waals surface area contributed by atoms with E-state index < -0.39 is 0 Å². The van der Waals surface area contributed by atoms with Gasteiger partial charge in [0.15, 0.2) is 0 Å². The fourth-order valence-corrected chi connectivity index (χ4v) is 0.748. The Balaban J connectivity index is 4.16. The van der Waals surface area contributed by atoms with Gasteiger partial charge < -0.3 is 22.9 Å². The topological polar surface area (TPSA) is 154 Å². The van der Waals surface area contributed by atoms with E-state index in [1.54, 1.807) is 0 Å². The Morgan fingerprint density at radius 2 is 1.00 bits per heavy atom. The fraction of sp³-hybridized carbons (Fsp3) is 0.500. The summed E-state index contributed by atoms with van der Waals surface area (Å²) in [4.78, 5) is 0. The van der Waals surface area contributed by atoms with Crippen molar-refractivity contribution in [1.29, 1.82) is 0 Å². The van der Waals surface area contributed by atoms with E-state index in [1.165, 1.54) is 0 Å². The van der Waals surface area contributed by atoms with Gasteiger partial charge in [0.1, 0.15) is 0 Å². The molecule has 0 saturated heterocycles. The molecule has 16 heavy (non-hydrogen) atoms. The maximum atomic E-state index is 5.13. The Bertz CT molecular complexity index is 296. The lowest BCUT2D eigenvalue weighted by molar-refractivity contribution is 1.06. The van der Waals surface area contributed by atoms with Gasteiger partial charge >= 0.3 is 0 Å². The quantitative estimate of drug-likeness (QED) is 0.271. The van der Waals surface area contributed by atoms with Crippen LogP contribution in [-0.4, -0.2) is 23.3 Å². The van der Waals surface area contributed by atoms with Crippen LogP contribution < -0.4 is 22.9 Å². The molecule has 0 radical (unpaired) electrons. The molecule has 0 aromatic rings. The molecule has 0 amide bonds. The van der Waals surface area contributed by atoms with Crippen molar-refractivity contribution in [3.8, 4) is 0 Å². The molecule has 0 unspecified atom stereocenters. The molecule has 0 aliphatic rings. The molecule has 0 saturated carbocycles. The summed E-state index contributed by atoms with van der Waals surface area (Å²) in [5.41, 5.74) is 22.1. The van der Waals surface area contributed by atoms with Crippen LogP contribution in [0.2, 0.25) is 0 Å². The lowest BCUT2D eigenvalue weighted by Crippen LogP contribution is -2.22. The van der Waals surface area contributed by atoms with Gasteiger partial charge in [0.05, 0.1) is 0 Å². The van der Waals surface area contributed by atoms with E-state index in [0.29, 0.717) is 12.8 Å². The molecule has 0 bridgehead atoms. The van der Waals surface area contributed by atoms with E-state index in [-0.39, 0.29) is 11.9 Å². The molecule has 8 nitrogen and oxygen atoms in total. The maximum absolute atomic E-state index is 5.13. The molecule has 0 fully saturated rings. The second-order valence-corrected chi connectivity index (χ2v) is 3.22. The van der Waals surface area contributed by atoms with Crippen LogP contribution in [0, 0.1) is 0 Å². The van der Waals surface area contributed by atoms with Gasteiger partial charge in [-0.15, -0.1) is 10.2 Å². The molecule has 0 aliphatic heterocycles. The number of nitrogens with two attached hydrogens (primary N) is 4. The minimum Gasteiger partial charge on any atom is -0.369 e. The fourth-order valence-electron chi connectivity index (χ4n) is 0.748. The summed E-state index contributed by atoms with van der Waals surface area (Å²) in [6.07, 6.45) is 1.37. The Labute approximate surface area is 94.2 Å². The standard InChI is InChI=1S/C8H18N8/c1-5(13-15-7(9)10)3-4-6(2)14-16-8(11)12/h3-4H2,1-2H3,(H4,9,10,15)(H4,11,12,16). The second kappa shape index (κ2) is 7.21. The predicted molar refractivity (Wildman–Crippen MR) is 67.1 cm³/mol. The Kier molecular flexibility index (Phi) is 6.25. The van der Waals surface area contributed by atoms with Gasteiger partial charge in [-0.3, -0.25) is 0 Å². The van der Waals surface area contributed by atoms with Crippen molar-refractivity contribution in [3.05, 3.63) is 0 Å². The van der Waals surface area contributed by atoms with Crippen LogP contribution in [0.15, 0.2) is 20.4 Å². The minimum absolute atomic E-state index is 0.0646. The number of guanidine groups is 2. The molecule has 8 N–H and O–H groups in total. The summed E-state index contributed by atoms with van der Waals surface area (Å²) in [6.45, 7) is 3.64. The summed E-state index contributed by atoms with van der Waals surface area (Å²) < 4.78 is 0. The molecule has 0 aliphatic carbocycles. The van der Waals surface area contributed by atoms with Gasteiger partial charge in [-0.25, -0.2) is 0 Å². The molecule has 0 heterocycles. The molecule has 0 rings (SSSR count). The Morgan fingerprint density at radius 1 is 0.688 bits per heavy atom. The summed E-state index contributed by atoms with van der Waals surface area (Å²) in [5.74, 6) is -0.129. The van der Waals surface area contributed by atoms with Gasteiger partial charge in [0.25, 0.3) is 0 Å². The van der Waals surface area contributed by atoms with Crippen molar-refractivity contribution < 1.29 is 0 Å². The zero-order chi connectivity index (χ0) is 12.6. The van der Waals surface area contributed by atoms with Gasteiger partial charge in [-0.2, -0.15) is 10.2 Å². The van der Waals surface area contributed by atoms with Crippen LogP contribution in [0.5, 0.6) is 0 Å². The smallest absolute Gasteiger partial charge is 0.211 e. The van der Waals surface area contributed by atoms with Crippen LogP contribution in [0.4, 0.5) is 0 Å². The van der Waals surface area contributed by atoms with Crippen LogP contribution in [0.1, 0.15) is 26.7 Å². The van der Waals surface area contributed by atoms with Crippen LogP contribution >= 0.6 is 0 Å². The zero-order valence-corrected chi connectivity index (χ0v) is 9.51. The SMILES string of the molecule is CC(CCC(C)=NN=C(N)N)=NN=C(N)N. The molecule has 0 spiro atoms. The molecule has 0 aromatic carbocycles. The molecular formula is C8H18N8. The minimum atomic E-state index is -0.0646. The van der Waals surface area contributed by atoms with Crippen molar-refractivity contribution in [2.24, 2.45) is 43.3 Å². The first-order valence-electron chi connectivity index (χ1n) is 4.66. The summed E-state index contributed by atoms with van der Waals surface area (Å²) in [6, 6.07) is 0. The van der Waals surface area contributed by atoms with E-state index in [9.17, 15) is 0 Å². The molecule has 8 heteroatoms. The van der Waals surface area contributed by atoms with Gasteiger partial charge in [-0.1, -0.05) is 0 Å². The first kappa shape index (κ1) is 13.9. The monoisotopic (exact) mass is 226 g/mol. The van der Waals surface area contributed by atoms with E-state index in [1.807, 2.05) is 13.8 Å². The number of rotatable bonds is 5. The number of nitrogens with zero attached hydrogens (tertiary/aromatic N) is 4. The van der Waals surface area contributed by atoms with Crippen molar-refractivity contribution in [2.45, 2.75) is 26.7 Å². The van der Waals surface area contributed by atoms with Gasteiger partial charge in [0, 0.05) is 11.4 Å². The third kappa shape index (κ3) is 8.48. The number of hydrogen-bond acceptors (Lipinski definition) is 4. The molecule has 0 aromatic heterocycles. The first-order chi connectivity index (χ1) is 7.41. The highest BCUT2D eigenvalue weighted by Crippen LogP contribution is 1.97. The second-order valence-electron chi connectivity index (χ2n) is 3.22. The van der Waals surface area contributed by atoms with E-state index in [4.69, 9.17) is 22.9 Å². The van der Waals surface area contributed by atoms with Crippen molar-refractivity contribution in [2.75, 3.05) is 0 Å². The highest BCUT2D eigenvalue weighted by Gasteiger charge is 1.95. The normalized spacial score (nSPS) is 12.1. The highest BCUT2D eigenvalue weighted by atomic mass is 15.3. The van der Waals surface area contributed by atoms with Gasteiger partial charge in [0.2, 0.25) is 11.9 Å². The van der Waals surface area contributed by atoms with Crippen LogP contribution in [-0.2, 0) is 0 Å². The largest absolute Gasteiger partial charge is 0.369 e. The van der Waals surface area contributed by atoms with Crippen LogP contribution in [0.25, 0.3) is 0 Å². The highest BCUT2D eigenvalue weighted by molar-refractivity contribution is 5.90. The van der Waals surface area contributed by atoms with Crippen molar-refractivity contribution in [3.63, 3.8) is 0 Å². The average Bonchev–Trinajstić information content (AvgIpc) is 2.20. The van der Waals surface area contributed by atoms with Crippen molar-refractivity contribution in [1.82, 2.24) is 0 Å². The van der Waals surface area contributed by atoms with E-state index in [2.05, 4.69) is 20.4 Å². The molecule has 90 valence electrons. The van der Waals surface area contributed by atoms with Crippen LogP contribution in [0.3, 0.4) is 0 Å². The predicted octanol–water partition coefficient (Wildman–Crippen LogP) is -0.935.